The minimum Gasteiger partial charge on any atom is -0.324 e. The van der Waals surface area contributed by atoms with E-state index in [2.05, 4.69) is 5.32 Å². The fourth-order valence-electron chi connectivity index (χ4n) is 2.29. The van der Waals surface area contributed by atoms with Crippen molar-refractivity contribution in [2.24, 2.45) is 11.7 Å². The predicted octanol–water partition coefficient (Wildman–Crippen LogP) is 1.59. The van der Waals surface area contributed by atoms with Crippen molar-refractivity contribution in [1.82, 2.24) is 5.32 Å². The van der Waals surface area contributed by atoms with Crippen LogP contribution < -0.4 is 11.1 Å². The van der Waals surface area contributed by atoms with Gasteiger partial charge in [0.05, 0.1) is 4.92 Å². The number of nitro benzene ring substituents is 1. The standard InChI is InChI=1S/C12H17N3O2/c13-12(10-5-7-14-8-6-10)9-1-3-11(4-2-9)15(16)17/h1-4,10,12,14H,5-8,13H2/t12-/m0/s1. The van der Waals surface area contributed by atoms with E-state index in [1.807, 2.05) is 0 Å². The number of benzene rings is 1. The van der Waals surface area contributed by atoms with Crippen molar-refractivity contribution in [2.45, 2.75) is 18.9 Å². The second-order valence-corrected chi connectivity index (χ2v) is 4.46. The van der Waals surface area contributed by atoms with Crippen molar-refractivity contribution < 1.29 is 4.92 Å². The topological polar surface area (TPSA) is 81.2 Å². The molecule has 5 heteroatoms. The zero-order valence-corrected chi connectivity index (χ0v) is 9.63. The van der Waals surface area contributed by atoms with Gasteiger partial charge in [0.15, 0.2) is 0 Å². The summed E-state index contributed by atoms with van der Waals surface area (Å²) in [6.45, 7) is 2.01. The Balaban J connectivity index is 2.07. The zero-order chi connectivity index (χ0) is 12.3. The number of nitrogens with one attached hydrogen (secondary N) is 1. The number of nitro groups is 1. The molecule has 2 rings (SSSR count). The van der Waals surface area contributed by atoms with E-state index >= 15 is 0 Å². The summed E-state index contributed by atoms with van der Waals surface area (Å²) in [4.78, 5) is 10.2. The molecule has 0 radical (unpaired) electrons. The van der Waals surface area contributed by atoms with E-state index in [0.29, 0.717) is 5.92 Å². The number of non-ortho nitro benzene ring substituents is 1. The Hall–Kier alpha value is -1.46. The molecule has 1 heterocycles. The average Bonchev–Trinajstić information content (AvgIpc) is 2.39. The van der Waals surface area contributed by atoms with Gasteiger partial charge in [0.2, 0.25) is 0 Å². The number of hydrogen-bond acceptors (Lipinski definition) is 4. The molecule has 0 spiro atoms. The quantitative estimate of drug-likeness (QED) is 0.616. The molecule has 1 atom stereocenters. The maximum absolute atomic E-state index is 10.5. The largest absolute Gasteiger partial charge is 0.324 e. The van der Waals surface area contributed by atoms with Crippen LogP contribution in [-0.4, -0.2) is 18.0 Å². The maximum Gasteiger partial charge on any atom is 0.269 e. The molecule has 92 valence electrons. The number of nitrogens with two attached hydrogens (primary N) is 1. The molecule has 1 aromatic carbocycles. The third kappa shape index (κ3) is 2.81. The first-order chi connectivity index (χ1) is 8.18. The van der Waals surface area contributed by atoms with Gasteiger partial charge in [0, 0.05) is 18.2 Å². The summed E-state index contributed by atoms with van der Waals surface area (Å²) in [7, 11) is 0. The minimum atomic E-state index is -0.389. The van der Waals surface area contributed by atoms with Gasteiger partial charge in [-0.3, -0.25) is 10.1 Å². The van der Waals surface area contributed by atoms with Crippen LogP contribution in [0.3, 0.4) is 0 Å². The van der Waals surface area contributed by atoms with E-state index in [-0.39, 0.29) is 16.7 Å². The van der Waals surface area contributed by atoms with Gasteiger partial charge in [0.25, 0.3) is 5.69 Å². The van der Waals surface area contributed by atoms with Gasteiger partial charge in [-0.1, -0.05) is 12.1 Å². The monoisotopic (exact) mass is 235 g/mol. The molecule has 0 unspecified atom stereocenters. The first-order valence-corrected chi connectivity index (χ1v) is 5.89. The Morgan fingerprint density at radius 2 is 1.88 bits per heavy atom. The fourth-order valence-corrected chi connectivity index (χ4v) is 2.29. The summed E-state index contributed by atoms with van der Waals surface area (Å²) < 4.78 is 0. The molecular weight excluding hydrogens is 218 g/mol. The fraction of sp³-hybridized carbons (Fsp3) is 0.500. The number of hydrogen-bond donors (Lipinski definition) is 2. The lowest BCUT2D eigenvalue weighted by atomic mass is 9.86. The third-order valence-corrected chi connectivity index (χ3v) is 3.38. The van der Waals surface area contributed by atoms with Crippen molar-refractivity contribution in [1.29, 1.82) is 0 Å². The van der Waals surface area contributed by atoms with Gasteiger partial charge < -0.3 is 11.1 Å². The molecule has 0 saturated carbocycles. The van der Waals surface area contributed by atoms with Crippen LogP contribution in [0.25, 0.3) is 0 Å². The normalized spacial score (nSPS) is 18.9. The highest BCUT2D eigenvalue weighted by Crippen LogP contribution is 2.27. The second-order valence-electron chi connectivity index (χ2n) is 4.46. The lowest BCUT2D eigenvalue weighted by molar-refractivity contribution is -0.384. The van der Waals surface area contributed by atoms with Crippen molar-refractivity contribution in [3.8, 4) is 0 Å². The highest BCUT2D eigenvalue weighted by atomic mass is 16.6. The van der Waals surface area contributed by atoms with Crippen LogP contribution >= 0.6 is 0 Å². The molecule has 1 saturated heterocycles. The van der Waals surface area contributed by atoms with Gasteiger partial charge in [-0.05, 0) is 37.4 Å². The van der Waals surface area contributed by atoms with Crippen molar-refractivity contribution >= 4 is 5.69 Å². The van der Waals surface area contributed by atoms with Crippen LogP contribution in [0.1, 0.15) is 24.4 Å². The Kier molecular flexibility index (Phi) is 3.71. The number of nitrogens with zero attached hydrogens (tertiary/aromatic N) is 1. The summed E-state index contributed by atoms with van der Waals surface area (Å²) >= 11 is 0. The molecule has 0 bridgehead atoms. The number of piperidine rings is 1. The first kappa shape index (κ1) is 12.0. The first-order valence-electron chi connectivity index (χ1n) is 5.89. The molecule has 1 aromatic rings. The Labute approximate surface area is 100 Å². The molecule has 0 aliphatic carbocycles. The smallest absolute Gasteiger partial charge is 0.269 e. The van der Waals surface area contributed by atoms with Crippen LogP contribution in [0.15, 0.2) is 24.3 Å². The summed E-state index contributed by atoms with van der Waals surface area (Å²) in [5, 5.41) is 13.9. The Bertz CT molecular complexity index is 385. The van der Waals surface area contributed by atoms with Gasteiger partial charge in [-0.2, -0.15) is 0 Å². The van der Waals surface area contributed by atoms with E-state index in [1.54, 1.807) is 12.1 Å². The van der Waals surface area contributed by atoms with Gasteiger partial charge in [-0.15, -0.1) is 0 Å². The van der Waals surface area contributed by atoms with Crippen LogP contribution in [0.2, 0.25) is 0 Å². The molecule has 0 amide bonds. The van der Waals surface area contributed by atoms with E-state index in [9.17, 15) is 10.1 Å². The van der Waals surface area contributed by atoms with Crippen LogP contribution in [0.5, 0.6) is 0 Å². The molecule has 17 heavy (non-hydrogen) atoms. The maximum atomic E-state index is 10.5. The van der Waals surface area contributed by atoms with Crippen molar-refractivity contribution in [3.63, 3.8) is 0 Å². The Morgan fingerprint density at radius 1 is 1.29 bits per heavy atom. The highest BCUT2D eigenvalue weighted by Gasteiger charge is 2.21. The lowest BCUT2D eigenvalue weighted by Gasteiger charge is -2.28. The molecule has 1 aliphatic rings. The van der Waals surface area contributed by atoms with Crippen molar-refractivity contribution in [2.75, 3.05) is 13.1 Å². The van der Waals surface area contributed by atoms with E-state index in [1.165, 1.54) is 12.1 Å². The molecule has 1 aliphatic heterocycles. The van der Waals surface area contributed by atoms with Crippen LogP contribution in [0.4, 0.5) is 5.69 Å². The van der Waals surface area contributed by atoms with Gasteiger partial charge in [0.1, 0.15) is 0 Å². The molecule has 5 nitrogen and oxygen atoms in total. The summed E-state index contributed by atoms with van der Waals surface area (Å²) in [5.41, 5.74) is 7.30. The molecular formula is C12H17N3O2. The van der Waals surface area contributed by atoms with Crippen LogP contribution in [0, 0.1) is 16.0 Å². The third-order valence-electron chi connectivity index (χ3n) is 3.38. The summed E-state index contributed by atoms with van der Waals surface area (Å²) in [6.07, 6.45) is 2.14. The number of rotatable bonds is 3. The van der Waals surface area contributed by atoms with Gasteiger partial charge in [-0.25, -0.2) is 0 Å². The van der Waals surface area contributed by atoms with E-state index in [4.69, 9.17) is 5.73 Å². The molecule has 0 aromatic heterocycles. The molecule has 3 N–H and O–H groups in total. The summed E-state index contributed by atoms with van der Waals surface area (Å²) in [5.74, 6) is 0.470. The zero-order valence-electron chi connectivity index (χ0n) is 9.63. The highest BCUT2D eigenvalue weighted by molar-refractivity contribution is 5.34. The molecule has 1 fully saturated rings. The van der Waals surface area contributed by atoms with Crippen molar-refractivity contribution in [3.05, 3.63) is 39.9 Å². The average molecular weight is 235 g/mol. The lowest BCUT2D eigenvalue weighted by Crippen LogP contribution is -2.33. The summed E-state index contributed by atoms with van der Waals surface area (Å²) in [6, 6.07) is 6.57. The Morgan fingerprint density at radius 3 is 2.41 bits per heavy atom. The second kappa shape index (κ2) is 5.25. The minimum absolute atomic E-state index is 0.0158. The van der Waals surface area contributed by atoms with E-state index < -0.39 is 0 Å². The van der Waals surface area contributed by atoms with E-state index in [0.717, 1.165) is 31.5 Å². The SMILES string of the molecule is N[C@@H](c1ccc([N+](=O)[O-])cc1)C1CCNCC1. The van der Waals surface area contributed by atoms with Gasteiger partial charge >= 0.3 is 0 Å². The predicted molar refractivity (Wildman–Crippen MR) is 65.6 cm³/mol. The van der Waals surface area contributed by atoms with Crippen LogP contribution in [-0.2, 0) is 0 Å².